The first-order valence-electron chi connectivity index (χ1n) is 6.40. The minimum Gasteiger partial charge on any atom is -0.491 e. The predicted octanol–water partition coefficient (Wildman–Crippen LogP) is 2.85. The van der Waals surface area contributed by atoms with Gasteiger partial charge in [0.25, 0.3) is 0 Å². The van der Waals surface area contributed by atoms with Crippen molar-refractivity contribution in [2.24, 2.45) is 0 Å². The lowest BCUT2D eigenvalue weighted by Crippen LogP contribution is -2.26. The van der Waals surface area contributed by atoms with Crippen molar-refractivity contribution in [3.63, 3.8) is 0 Å². The minimum absolute atomic E-state index is 0.281. The van der Waals surface area contributed by atoms with Crippen LogP contribution in [-0.4, -0.2) is 24.4 Å². The average molecular weight is 257 g/mol. The van der Waals surface area contributed by atoms with Gasteiger partial charge in [0.2, 0.25) is 0 Å². The number of aliphatic hydroxyl groups is 1. The van der Waals surface area contributed by atoms with Crippen molar-refractivity contribution in [2.75, 3.05) is 18.5 Å². The zero-order chi connectivity index (χ0) is 13.5. The molecule has 2 aromatic carbocycles. The molecule has 0 bridgehead atoms. The van der Waals surface area contributed by atoms with Crippen LogP contribution < -0.4 is 10.1 Å². The summed E-state index contributed by atoms with van der Waals surface area (Å²) >= 11 is 0. The highest BCUT2D eigenvalue weighted by Crippen LogP contribution is 2.10. The van der Waals surface area contributed by atoms with Crippen molar-refractivity contribution in [2.45, 2.75) is 13.0 Å². The first kappa shape index (κ1) is 13.4. The van der Waals surface area contributed by atoms with E-state index in [4.69, 9.17) is 4.74 Å². The Hall–Kier alpha value is -2.00. The van der Waals surface area contributed by atoms with E-state index < -0.39 is 6.10 Å². The average Bonchev–Trinajstić information content (AvgIpc) is 2.45. The number of rotatable bonds is 6. The summed E-state index contributed by atoms with van der Waals surface area (Å²) in [5, 5.41) is 13.0. The van der Waals surface area contributed by atoms with Crippen molar-refractivity contribution in [1.29, 1.82) is 0 Å². The molecule has 2 aromatic rings. The van der Waals surface area contributed by atoms with Crippen molar-refractivity contribution in [3.8, 4) is 5.75 Å². The Kier molecular flexibility index (Phi) is 4.81. The molecule has 0 radical (unpaired) electrons. The Morgan fingerprint density at radius 1 is 1.05 bits per heavy atom. The molecule has 0 spiro atoms. The Balaban J connectivity index is 1.72. The van der Waals surface area contributed by atoms with Crippen LogP contribution in [0.3, 0.4) is 0 Å². The lowest BCUT2D eigenvalue weighted by Gasteiger charge is -2.14. The number of hydrogen-bond acceptors (Lipinski definition) is 3. The molecular weight excluding hydrogens is 238 g/mol. The summed E-state index contributed by atoms with van der Waals surface area (Å²) in [6, 6.07) is 17.6. The van der Waals surface area contributed by atoms with E-state index in [1.54, 1.807) is 0 Å². The fourth-order valence-corrected chi connectivity index (χ4v) is 1.68. The van der Waals surface area contributed by atoms with Crippen LogP contribution in [0.2, 0.25) is 0 Å². The van der Waals surface area contributed by atoms with Crippen molar-refractivity contribution in [3.05, 3.63) is 60.2 Å². The van der Waals surface area contributed by atoms with Crippen LogP contribution >= 0.6 is 0 Å². The Bertz CT molecular complexity index is 482. The number of para-hydroxylation sites is 1. The summed E-state index contributed by atoms with van der Waals surface area (Å²) < 4.78 is 5.49. The maximum absolute atomic E-state index is 9.84. The highest BCUT2D eigenvalue weighted by Gasteiger charge is 2.04. The van der Waals surface area contributed by atoms with Gasteiger partial charge in [0.15, 0.2) is 0 Å². The van der Waals surface area contributed by atoms with Crippen LogP contribution in [0, 0.1) is 6.92 Å². The molecule has 0 heterocycles. The molecule has 2 rings (SSSR count). The van der Waals surface area contributed by atoms with Gasteiger partial charge in [0, 0.05) is 12.2 Å². The zero-order valence-corrected chi connectivity index (χ0v) is 11.0. The van der Waals surface area contributed by atoms with E-state index in [2.05, 4.69) is 5.32 Å². The zero-order valence-electron chi connectivity index (χ0n) is 11.0. The van der Waals surface area contributed by atoms with Crippen LogP contribution in [0.4, 0.5) is 5.69 Å². The molecule has 1 atom stereocenters. The van der Waals surface area contributed by atoms with Crippen molar-refractivity contribution in [1.82, 2.24) is 0 Å². The van der Waals surface area contributed by atoms with E-state index in [9.17, 15) is 5.11 Å². The third-order valence-corrected chi connectivity index (χ3v) is 2.78. The Labute approximate surface area is 113 Å². The minimum atomic E-state index is -0.540. The van der Waals surface area contributed by atoms with Gasteiger partial charge < -0.3 is 15.2 Å². The van der Waals surface area contributed by atoms with E-state index in [0.717, 1.165) is 11.4 Å². The molecule has 100 valence electrons. The highest BCUT2D eigenvalue weighted by molar-refractivity contribution is 5.44. The fraction of sp³-hybridized carbons (Fsp3) is 0.250. The van der Waals surface area contributed by atoms with Gasteiger partial charge in [-0.1, -0.05) is 35.9 Å². The van der Waals surface area contributed by atoms with Gasteiger partial charge in [-0.15, -0.1) is 0 Å². The lowest BCUT2D eigenvalue weighted by atomic mass is 10.2. The number of hydrogen-bond donors (Lipinski definition) is 2. The predicted molar refractivity (Wildman–Crippen MR) is 77.6 cm³/mol. The third-order valence-electron chi connectivity index (χ3n) is 2.78. The molecule has 0 aliphatic heterocycles. The molecule has 0 aliphatic carbocycles. The number of ether oxygens (including phenoxy) is 1. The van der Waals surface area contributed by atoms with E-state index in [1.807, 2.05) is 61.5 Å². The number of anilines is 1. The molecule has 3 nitrogen and oxygen atoms in total. The summed E-state index contributed by atoms with van der Waals surface area (Å²) in [4.78, 5) is 0. The number of nitrogens with one attached hydrogen (secondary N) is 1. The monoisotopic (exact) mass is 257 g/mol. The summed E-state index contributed by atoms with van der Waals surface area (Å²) in [5.74, 6) is 0.775. The number of aliphatic hydroxyl groups excluding tert-OH is 1. The van der Waals surface area contributed by atoms with Gasteiger partial charge in [0.1, 0.15) is 18.5 Å². The molecule has 19 heavy (non-hydrogen) atoms. The second kappa shape index (κ2) is 6.81. The largest absolute Gasteiger partial charge is 0.491 e. The molecule has 2 N–H and O–H groups in total. The third kappa shape index (κ3) is 4.64. The number of benzene rings is 2. The van der Waals surface area contributed by atoms with Gasteiger partial charge in [0.05, 0.1) is 0 Å². The molecule has 0 aromatic heterocycles. The quantitative estimate of drug-likeness (QED) is 0.836. The Morgan fingerprint density at radius 3 is 2.42 bits per heavy atom. The van der Waals surface area contributed by atoms with Gasteiger partial charge in [-0.3, -0.25) is 0 Å². The standard InChI is InChI=1S/C16H19NO2/c1-13-7-9-14(10-8-13)17-11-15(18)12-19-16-5-3-2-4-6-16/h2-10,15,17-18H,11-12H2,1H3/t15-/m1/s1. The Morgan fingerprint density at radius 2 is 1.74 bits per heavy atom. The molecule has 0 saturated carbocycles. The first-order chi connectivity index (χ1) is 9.24. The van der Waals surface area contributed by atoms with Gasteiger partial charge in [-0.25, -0.2) is 0 Å². The molecule has 0 aliphatic rings. The van der Waals surface area contributed by atoms with Crippen molar-refractivity contribution < 1.29 is 9.84 Å². The van der Waals surface area contributed by atoms with Gasteiger partial charge in [-0.2, -0.15) is 0 Å². The van der Waals surface area contributed by atoms with Crippen LogP contribution in [0.15, 0.2) is 54.6 Å². The van der Waals surface area contributed by atoms with E-state index in [1.165, 1.54) is 5.56 Å². The molecule has 0 saturated heterocycles. The topological polar surface area (TPSA) is 41.5 Å². The molecule has 0 unspecified atom stereocenters. The number of aryl methyl sites for hydroxylation is 1. The van der Waals surface area contributed by atoms with Crippen LogP contribution in [0.1, 0.15) is 5.56 Å². The van der Waals surface area contributed by atoms with E-state index in [-0.39, 0.29) is 6.61 Å². The summed E-state index contributed by atoms with van der Waals surface area (Å²) in [6.07, 6.45) is -0.540. The van der Waals surface area contributed by atoms with Gasteiger partial charge in [-0.05, 0) is 31.2 Å². The van der Waals surface area contributed by atoms with Crippen molar-refractivity contribution >= 4 is 5.69 Å². The maximum Gasteiger partial charge on any atom is 0.119 e. The SMILES string of the molecule is Cc1ccc(NC[C@@H](O)COc2ccccc2)cc1. The normalized spacial score (nSPS) is 11.9. The molecule has 0 amide bonds. The van der Waals surface area contributed by atoms with Crippen LogP contribution in [0.25, 0.3) is 0 Å². The molecule has 0 fully saturated rings. The van der Waals surface area contributed by atoms with Crippen LogP contribution in [-0.2, 0) is 0 Å². The fourth-order valence-electron chi connectivity index (χ4n) is 1.68. The first-order valence-corrected chi connectivity index (χ1v) is 6.40. The summed E-state index contributed by atoms with van der Waals surface area (Å²) in [6.45, 7) is 2.80. The summed E-state index contributed by atoms with van der Waals surface area (Å²) in [5.41, 5.74) is 2.22. The molecule has 3 heteroatoms. The maximum atomic E-state index is 9.84. The van der Waals surface area contributed by atoms with Gasteiger partial charge >= 0.3 is 0 Å². The van der Waals surface area contributed by atoms with E-state index in [0.29, 0.717) is 6.54 Å². The smallest absolute Gasteiger partial charge is 0.119 e. The highest BCUT2D eigenvalue weighted by atomic mass is 16.5. The van der Waals surface area contributed by atoms with E-state index >= 15 is 0 Å². The lowest BCUT2D eigenvalue weighted by molar-refractivity contribution is 0.117. The van der Waals surface area contributed by atoms with Crippen LogP contribution in [0.5, 0.6) is 5.75 Å². The second-order valence-electron chi connectivity index (χ2n) is 4.52. The second-order valence-corrected chi connectivity index (χ2v) is 4.52. The summed E-state index contributed by atoms with van der Waals surface area (Å²) in [7, 11) is 0. The molecular formula is C16H19NO2.